The summed E-state index contributed by atoms with van der Waals surface area (Å²) in [5.41, 5.74) is 5.30. The van der Waals surface area contributed by atoms with Gasteiger partial charge in [0.2, 0.25) is 5.91 Å². The number of nitrogens with two attached hydrogens (primary N) is 1. The van der Waals surface area contributed by atoms with Crippen molar-refractivity contribution in [2.45, 2.75) is 20.3 Å². The molecule has 0 saturated heterocycles. The Hall–Kier alpha value is -0.640. The van der Waals surface area contributed by atoms with Gasteiger partial charge in [-0.3, -0.25) is 4.79 Å². The van der Waals surface area contributed by atoms with Gasteiger partial charge in [0.25, 0.3) is 0 Å². The van der Waals surface area contributed by atoms with Crippen molar-refractivity contribution in [1.29, 1.82) is 0 Å². The maximum absolute atomic E-state index is 10.9. The highest BCUT2D eigenvalue weighted by molar-refractivity contribution is 7.80. The zero-order valence-corrected chi connectivity index (χ0v) is 7.78. The van der Waals surface area contributed by atoms with Crippen LogP contribution in [0.4, 0.5) is 0 Å². The summed E-state index contributed by atoms with van der Waals surface area (Å²) in [6, 6.07) is 0. The normalized spacial score (nSPS) is 9.27. The molecule has 0 aromatic rings. The summed E-state index contributed by atoms with van der Waals surface area (Å²) in [5, 5.41) is 0. The van der Waals surface area contributed by atoms with Crippen LogP contribution in [0.3, 0.4) is 0 Å². The second-order valence-corrected chi connectivity index (χ2v) is 2.93. The number of hydrogen-bond acceptors (Lipinski definition) is 2. The fourth-order valence-electron chi connectivity index (χ4n) is 0.806. The Balaban J connectivity index is 3.89. The topological polar surface area (TPSA) is 46.3 Å². The number of amides is 1. The lowest BCUT2D eigenvalue weighted by molar-refractivity contribution is -0.128. The van der Waals surface area contributed by atoms with Gasteiger partial charge in [-0.1, -0.05) is 19.1 Å². The van der Waals surface area contributed by atoms with Crippen LogP contribution in [-0.2, 0) is 4.79 Å². The molecule has 0 aliphatic heterocycles. The van der Waals surface area contributed by atoms with Crippen molar-refractivity contribution < 1.29 is 4.79 Å². The molecular formula is C7H14N2OS. The van der Waals surface area contributed by atoms with Crippen molar-refractivity contribution >= 4 is 23.1 Å². The average Bonchev–Trinajstić information content (AvgIpc) is 1.86. The van der Waals surface area contributed by atoms with Crippen LogP contribution in [0, 0.1) is 0 Å². The Labute approximate surface area is 72.5 Å². The molecule has 0 rings (SSSR count). The number of carbonyl (C=O) groups is 1. The first-order valence-corrected chi connectivity index (χ1v) is 4.02. The Morgan fingerprint density at radius 1 is 1.64 bits per heavy atom. The van der Waals surface area contributed by atoms with Crippen molar-refractivity contribution in [2.75, 3.05) is 13.1 Å². The summed E-state index contributed by atoms with van der Waals surface area (Å²) in [5.74, 6) is 0.0275. The van der Waals surface area contributed by atoms with Crippen LogP contribution in [0.1, 0.15) is 20.3 Å². The fourth-order valence-corrected chi connectivity index (χ4v) is 0.962. The highest BCUT2D eigenvalue weighted by Gasteiger charge is 2.06. The van der Waals surface area contributed by atoms with Crippen LogP contribution in [-0.4, -0.2) is 28.9 Å². The Morgan fingerprint density at radius 2 is 2.18 bits per heavy atom. The van der Waals surface area contributed by atoms with E-state index in [0.717, 1.165) is 13.0 Å². The standard InChI is InChI=1S/C7H14N2OS/c1-3-4-9(6(2)10)5-7(8)11/h3-5H2,1-2H3,(H2,8,11). The molecule has 3 nitrogen and oxygen atoms in total. The lowest BCUT2D eigenvalue weighted by Gasteiger charge is -2.18. The number of nitrogens with zero attached hydrogens (tertiary/aromatic N) is 1. The summed E-state index contributed by atoms with van der Waals surface area (Å²) in [4.78, 5) is 12.9. The number of thiocarbonyl (C=S) groups is 1. The molecule has 0 aliphatic carbocycles. The lowest BCUT2D eigenvalue weighted by atomic mass is 10.4. The summed E-state index contributed by atoms with van der Waals surface area (Å²) >= 11 is 4.69. The molecule has 4 heteroatoms. The molecule has 0 aliphatic rings. The summed E-state index contributed by atoms with van der Waals surface area (Å²) < 4.78 is 0. The van der Waals surface area contributed by atoms with Gasteiger partial charge in [-0.15, -0.1) is 0 Å². The molecule has 0 atom stereocenters. The molecule has 0 spiro atoms. The maximum Gasteiger partial charge on any atom is 0.219 e. The van der Waals surface area contributed by atoms with Crippen molar-refractivity contribution in [3.05, 3.63) is 0 Å². The van der Waals surface area contributed by atoms with Gasteiger partial charge in [0.15, 0.2) is 0 Å². The van der Waals surface area contributed by atoms with Crippen molar-refractivity contribution in [3.8, 4) is 0 Å². The van der Waals surface area contributed by atoms with Gasteiger partial charge in [-0.05, 0) is 6.42 Å². The summed E-state index contributed by atoms with van der Waals surface area (Å²) in [7, 11) is 0. The first-order valence-electron chi connectivity index (χ1n) is 3.61. The van der Waals surface area contributed by atoms with Crippen LogP contribution in [0.15, 0.2) is 0 Å². The minimum atomic E-state index is 0.0275. The minimum absolute atomic E-state index is 0.0275. The SMILES string of the molecule is CCCN(CC(N)=S)C(C)=O. The molecule has 0 bridgehead atoms. The predicted molar refractivity (Wildman–Crippen MR) is 49.3 cm³/mol. The summed E-state index contributed by atoms with van der Waals surface area (Å²) in [6.45, 7) is 4.66. The molecule has 11 heavy (non-hydrogen) atoms. The largest absolute Gasteiger partial charge is 0.392 e. The van der Waals surface area contributed by atoms with Crippen LogP contribution in [0.5, 0.6) is 0 Å². The zero-order chi connectivity index (χ0) is 8.85. The van der Waals surface area contributed by atoms with E-state index in [1.165, 1.54) is 6.92 Å². The van der Waals surface area contributed by atoms with Crippen molar-refractivity contribution in [2.24, 2.45) is 5.73 Å². The monoisotopic (exact) mass is 174 g/mol. The third-order valence-electron chi connectivity index (χ3n) is 1.29. The van der Waals surface area contributed by atoms with Gasteiger partial charge >= 0.3 is 0 Å². The quantitative estimate of drug-likeness (QED) is 0.632. The molecule has 0 unspecified atom stereocenters. The minimum Gasteiger partial charge on any atom is -0.392 e. The van der Waals surface area contributed by atoms with E-state index in [9.17, 15) is 4.79 Å². The van der Waals surface area contributed by atoms with Gasteiger partial charge in [-0.25, -0.2) is 0 Å². The van der Waals surface area contributed by atoms with E-state index in [4.69, 9.17) is 5.73 Å². The first-order chi connectivity index (χ1) is 5.07. The molecule has 0 aromatic carbocycles. The Bertz CT molecular complexity index is 159. The molecule has 0 heterocycles. The van der Waals surface area contributed by atoms with E-state index in [2.05, 4.69) is 12.2 Å². The smallest absolute Gasteiger partial charge is 0.219 e. The van der Waals surface area contributed by atoms with Crippen LogP contribution >= 0.6 is 12.2 Å². The van der Waals surface area contributed by atoms with E-state index < -0.39 is 0 Å². The van der Waals surface area contributed by atoms with Gasteiger partial charge in [0.1, 0.15) is 0 Å². The molecule has 0 fully saturated rings. The zero-order valence-electron chi connectivity index (χ0n) is 6.96. The molecule has 2 N–H and O–H groups in total. The molecule has 1 amide bonds. The third kappa shape index (κ3) is 4.72. The maximum atomic E-state index is 10.9. The van der Waals surface area contributed by atoms with Gasteiger partial charge in [0, 0.05) is 13.5 Å². The second-order valence-electron chi connectivity index (χ2n) is 2.41. The first kappa shape index (κ1) is 10.4. The molecule has 0 aromatic heterocycles. The summed E-state index contributed by atoms with van der Waals surface area (Å²) in [6.07, 6.45) is 0.933. The number of hydrogen-bond donors (Lipinski definition) is 1. The van der Waals surface area contributed by atoms with E-state index in [-0.39, 0.29) is 5.91 Å². The average molecular weight is 174 g/mol. The van der Waals surface area contributed by atoms with E-state index in [1.54, 1.807) is 4.90 Å². The van der Waals surface area contributed by atoms with Gasteiger partial charge in [-0.2, -0.15) is 0 Å². The van der Waals surface area contributed by atoms with Crippen molar-refractivity contribution in [3.63, 3.8) is 0 Å². The van der Waals surface area contributed by atoms with Crippen LogP contribution < -0.4 is 5.73 Å². The highest BCUT2D eigenvalue weighted by Crippen LogP contribution is 1.91. The lowest BCUT2D eigenvalue weighted by Crippen LogP contribution is -2.36. The van der Waals surface area contributed by atoms with Crippen molar-refractivity contribution in [1.82, 2.24) is 4.90 Å². The van der Waals surface area contributed by atoms with Crippen LogP contribution in [0.2, 0.25) is 0 Å². The highest BCUT2D eigenvalue weighted by atomic mass is 32.1. The van der Waals surface area contributed by atoms with E-state index >= 15 is 0 Å². The van der Waals surface area contributed by atoms with E-state index in [1.807, 2.05) is 6.92 Å². The fraction of sp³-hybridized carbons (Fsp3) is 0.714. The Kier molecular flexibility index (Phi) is 4.77. The molecule has 0 saturated carbocycles. The van der Waals surface area contributed by atoms with Gasteiger partial charge < -0.3 is 10.6 Å². The van der Waals surface area contributed by atoms with E-state index in [0.29, 0.717) is 11.5 Å². The third-order valence-corrected chi connectivity index (χ3v) is 1.41. The Morgan fingerprint density at radius 3 is 2.45 bits per heavy atom. The number of carbonyl (C=O) groups excluding carboxylic acids is 1. The van der Waals surface area contributed by atoms with Gasteiger partial charge in [0.05, 0.1) is 11.5 Å². The molecular weight excluding hydrogens is 160 g/mol. The second kappa shape index (κ2) is 5.07. The molecule has 0 radical (unpaired) electrons. The molecule has 64 valence electrons. The predicted octanol–water partition coefficient (Wildman–Crippen LogP) is 0.531. The number of rotatable bonds is 4. The van der Waals surface area contributed by atoms with Crippen LogP contribution in [0.25, 0.3) is 0 Å².